The average molecular weight is 357 g/mol. The molecular formula is C17H9BrS2. The van der Waals surface area contributed by atoms with Crippen LogP contribution in [0.3, 0.4) is 0 Å². The summed E-state index contributed by atoms with van der Waals surface area (Å²) in [7, 11) is 0. The van der Waals surface area contributed by atoms with Crippen molar-refractivity contribution in [3.05, 3.63) is 45.1 Å². The lowest BCUT2D eigenvalue weighted by Gasteiger charge is -2.25. The molecule has 0 bridgehead atoms. The van der Waals surface area contributed by atoms with E-state index in [0.717, 1.165) is 0 Å². The van der Waals surface area contributed by atoms with Gasteiger partial charge in [0.15, 0.2) is 0 Å². The minimum Gasteiger partial charge on any atom is -0.141 e. The van der Waals surface area contributed by atoms with E-state index in [4.69, 9.17) is 0 Å². The van der Waals surface area contributed by atoms with Crippen molar-refractivity contribution in [2.24, 2.45) is 0 Å². The van der Waals surface area contributed by atoms with E-state index in [2.05, 4.69) is 59.3 Å². The first kappa shape index (κ1) is 11.5. The Bertz CT molecular complexity index is 922. The molecule has 2 heterocycles. The van der Waals surface area contributed by atoms with Crippen molar-refractivity contribution in [1.82, 2.24) is 0 Å². The summed E-state index contributed by atoms with van der Waals surface area (Å²) in [5.41, 5.74) is 5.72. The third-order valence-electron chi connectivity index (χ3n) is 4.03. The molecule has 3 heteroatoms. The van der Waals surface area contributed by atoms with Gasteiger partial charge in [-0.25, -0.2) is 0 Å². The maximum absolute atomic E-state index is 3.61. The van der Waals surface area contributed by atoms with Crippen molar-refractivity contribution in [2.75, 3.05) is 0 Å². The summed E-state index contributed by atoms with van der Waals surface area (Å²) in [6.07, 6.45) is 0. The molecule has 0 fully saturated rings. The van der Waals surface area contributed by atoms with Crippen LogP contribution in [0.1, 0.15) is 4.88 Å². The zero-order valence-electron chi connectivity index (χ0n) is 10.7. The van der Waals surface area contributed by atoms with Gasteiger partial charge in [0, 0.05) is 25.0 Å². The maximum atomic E-state index is 3.61. The average Bonchev–Trinajstić information content (AvgIpc) is 2.92. The lowest BCUT2D eigenvalue weighted by Crippen LogP contribution is -1.98. The molecule has 96 valence electrons. The SMILES string of the molecule is Cc1cc2c3c(ccc2s1)-c1c-3ccc2sc(Br)cc12. The van der Waals surface area contributed by atoms with E-state index >= 15 is 0 Å². The van der Waals surface area contributed by atoms with Crippen molar-refractivity contribution in [3.8, 4) is 22.3 Å². The van der Waals surface area contributed by atoms with Crippen LogP contribution in [0.4, 0.5) is 0 Å². The smallest absolute Gasteiger partial charge is 0.0711 e. The summed E-state index contributed by atoms with van der Waals surface area (Å²) < 4.78 is 3.98. The number of rotatable bonds is 0. The zero-order chi connectivity index (χ0) is 13.4. The van der Waals surface area contributed by atoms with Gasteiger partial charge >= 0.3 is 0 Å². The van der Waals surface area contributed by atoms with Gasteiger partial charge < -0.3 is 0 Å². The molecule has 0 N–H and O–H groups in total. The maximum Gasteiger partial charge on any atom is 0.0711 e. The quantitative estimate of drug-likeness (QED) is 0.285. The summed E-state index contributed by atoms with van der Waals surface area (Å²) in [6, 6.07) is 13.7. The summed E-state index contributed by atoms with van der Waals surface area (Å²) in [5, 5.41) is 2.81. The molecule has 0 spiro atoms. The molecule has 2 aromatic carbocycles. The molecule has 5 rings (SSSR count). The van der Waals surface area contributed by atoms with Gasteiger partial charge in [-0.3, -0.25) is 0 Å². The van der Waals surface area contributed by atoms with Crippen molar-refractivity contribution in [3.63, 3.8) is 0 Å². The van der Waals surface area contributed by atoms with Crippen LogP contribution in [-0.2, 0) is 0 Å². The number of aryl methyl sites for hydroxylation is 1. The predicted molar refractivity (Wildman–Crippen MR) is 94.1 cm³/mol. The summed E-state index contributed by atoms with van der Waals surface area (Å²) in [6.45, 7) is 2.19. The Morgan fingerprint density at radius 2 is 1.40 bits per heavy atom. The van der Waals surface area contributed by atoms with Gasteiger partial charge in [0.05, 0.1) is 3.79 Å². The Labute approximate surface area is 132 Å². The lowest BCUT2D eigenvalue weighted by atomic mass is 9.77. The van der Waals surface area contributed by atoms with E-state index in [1.54, 1.807) is 0 Å². The predicted octanol–water partition coefficient (Wildman–Crippen LogP) is 6.83. The van der Waals surface area contributed by atoms with Crippen LogP contribution in [0.25, 0.3) is 42.4 Å². The summed E-state index contributed by atoms with van der Waals surface area (Å²) >= 11 is 7.31. The molecule has 1 aliphatic rings. The Balaban J connectivity index is 1.92. The van der Waals surface area contributed by atoms with Crippen molar-refractivity contribution >= 4 is 58.8 Å². The van der Waals surface area contributed by atoms with Gasteiger partial charge in [0.1, 0.15) is 0 Å². The second-order valence-electron chi connectivity index (χ2n) is 5.21. The number of hydrogen-bond acceptors (Lipinski definition) is 2. The van der Waals surface area contributed by atoms with E-state index in [9.17, 15) is 0 Å². The fraction of sp³-hybridized carbons (Fsp3) is 0.0588. The zero-order valence-corrected chi connectivity index (χ0v) is 13.9. The first-order valence-electron chi connectivity index (χ1n) is 6.48. The van der Waals surface area contributed by atoms with Crippen LogP contribution in [0.15, 0.2) is 40.2 Å². The van der Waals surface area contributed by atoms with Crippen LogP contribution in [-0.4, -0.2) is 0 Å². The first-order valence-corrected chi connectivity index (χ1v) is 8.91. The number of hydrogen-bond donors (Lipinski definition) is 0. The second-order valence-corrected chi connectivity index (χ2v) is 8.96. The molecule has 0 atom stereocenters. The topological polar surface area (TPSA) is 0 Å². The highest BCUT2D eigenvalue weighted by Gasteiger charge is 2.27. The molecule has 0 amide bonds. The summed E-state index contributed by atoms with van der Waals surface area (Å²) in [5.74, 6) is 0. The van der Waals surface area contributed by atoms with Gasteiger partial charge in [-0.2, -0.15) is 0 Å². The largest absolute Gasteiger partial charge is 0.141 e. The van der Waals surface area contributed by atoms with Crippen molar-refractivity contribution in [1.29, 1.82) is 0 Å². The standard InChI is InChI=1S/C17H9BrS2/c1-8-6-11-13(19-8)4-2-9-16(11)10-3-5-14-12(17(9)10)7-15(18)20-14/h2-7H,1H3. The van der Waals surface area contributed by atoms with Gasteiger partial charge in [-0.1, -0.05) is 12.1 Å². The van der Waals surface area contributed by atoms with E-state index in [1.807, 2.05) is 22.7 Å². The molecule has 0 aliphatic heterocycles. The fourth-order valence-electron chi connectivity index (χ4n) is 3.25. The third kappa shape index (κ3) is 1.31. The molecule has 20 heavy (non-hydrogen) atoms. The van der Waals surface area contributed by atoms with Gasteiger partial charge in [-0.15, -0.1) is 22.7 Å². The van der Waals surface area contributed by atoms with Gasteiger partial charge in [-0.05, 0) is 69.4 Å². The Morgan fingerprint density at radius 3 is 2.10 bits per heavy atom. The van der Waals surface area contributed by atoms with Gasteiger partial charge in [0.25, 0.3) is 0 Å². The number of fused-ring (bicyclic) bond motifs is 8. The number of benzene rings is 2. The molecule has 4 aromatic rings. The number of halogens is 1. The Kier molecular flexibility index (Phi) is 2.14. The third-order valence-corrected chi connectivity index (χ3v) is 6.65. The highest BCUT2D eigenvalue weighted by atomic mass is 79.9. The highest BCUT2D eigenvalue weighted by molar-refractivity contribution is 9.11. The molecule has 0 saturated heterocycles. The summed E-state index contributed by atoms with van der Waals surface area (Å²) in [4.78, 5) is 1.39. The molecular weight excluding hydrogens is 348 g/mol. The minimum atomic E-state index is 1.21. The van der Waals surface area contributed by atoms with E-state index < -0.39 is 0 Å². The first-order chi connectivity index (χ1) is 9.72. The molecule has 0 radical (unpaired) electrons. The van der Waals surface area contributed by atoms with E-state index in [-0.39, 0.29) is 0 Å². The highest BCUT2D eigenvalue weighted by Crippen LogP contribution is 2.55. The second kappa shape index (κ2) is 3.73. The van der Waals surface area contributed by atoms with Crippen molar-refractivity contribution < 1.29 is 0 Å². The van der Waals surface area contributed by atoms with Crippen LogP contribution in [0.2, 0.25) is 0 Å². The Morgan fingerprint density at radius 1 is 0.800 bits per heavy atom. The van der Waals surface area contributed by atoms with Crippen molar-refractivity contribution in [2.45, 2.75) is 6.92 Å². The van der Waals surface area contributed by atoms with E-state index in [0.29, 0.717) is 0 Å². The molecule has 1 aliphatic carbocycles. The van der Waals surface area contributed by atoms with Crippen LogP contribution in [0, 0.1) is 6.92 Å². The minimum absolute atomic E-state index is 1.21. The fourth-order valence-corrected chi connectivity index (χ4v) is 5.73. The van der Waals surface area contributed by atoms with Crippen LogP contribution < -0.4 is 0 Å². The van der Waals surface area contributed by atoms with Gasteiger partial charge in [0.2, 0.25) is 0 Å². The molecule has 0 unspecified atom stereocenters. The monoisotopic (exact) mass is 356 g/mol. The Hall–Kier alpha value is -1.16. The number of thiophene rings is 2. The van der Waals surface area contributed by atoms with Crippen LogP contribution >= 0.6 is 38.6 Å². The lowest BCUT2D eigenvalue weighted by molar-refractivity contribution is 1.60. The molecule has 0 nitrogen and oxygen atoms in total. The molecule has 2 aromatic heterocycles. The van der Waals surface area contributed by atoms with Crippen LogP contribution in [0.5, 0.6) is 0 Å². The van der Waals surface area contributed by atoms with E-state index in [1.165, 1.54) is 51.1 Å². The normalized spacial score (nSPS) is 12.5. The molecule has 0 saturated carbocycles.